The van der Waals surface area contributed by atoms with Gasteiger partial charge in [-0.2, -0.15) is 0 Å². The summed E-state index contributed by atoms with van der Waals surface area (Å²) in [6, 6.07) is 9.75. The predicted molar refractivity (Wildman–Crippen MR) is 172 cm³/mol. The molecule has 0 radical (unpaired) electrons. The Balaban J connectivity index is 1.46. The zero-order chi connectivity index (χ0) is 30.7. The van der Waals surface area contributed by atoms with Gasteiger partial charge in [0.05, 0.1) is 0 Å². The van der Waals surface area contributed by atoms with Crippen molar-refractivity contribution < 1.29 is 9.59 Å². The summed E-state index contributed by atoms with van der Waals surface area (Å²) in [4.78, 5) is 52.0. The van der Waals surface area contributed by atoms with E-state index in [0.29, 0.717) is 22.4 Å². The van der Waals surface area contributed by atoms with E-state index >= 15 is 0 Å². The highest BCUT2D eigenvalue weighted by Crippen LogP contribution is 2.42. The first kappa shape index (κ1) is 30.5. The number of nitrogens with zero attached hydrogens (tertiary/aromatic N) is 3. The van der Waals surface area contributed by atoms with Crippen molar-refractivity contribution in [3.8, 4) is 11.1 Å². The second kappa shape index (κ2) is 12.7. The SMILES string of the molecule is CCC1(C(=O)Nc2cc(-c3ccc(N4CCN(C)CC4)nc3)cc(C(=O)NCc3c(C)cc(C)[nH]c3=O)c2C)CCCC1. The van der Waals surface area contributed by atoms with Gasteiger partial charge in [-0.1, -0.05) is 19.8 Å². The van der Waals surface area contributed by atoms with E-state index in [1.54, 1.807) is 0 Å². The van der Waals surface area contributed by atoms with Crippen LogP contribution in [0, 0.1) is 26.2 Å². The monoisotopic (exact) mass is 584 g/mol. The number of carbonyl (C=O) groups excluding carboxylic acids is 2. The van der Waals surface area contributed by atoms with Crippen LogP contribution in [-0.4, -0.2) is 59.9 Å². The third-order valence-corrected chi connectivity index (χ3v) is 9.45. The molecule has 0 atom stereocenters. The van der Waals surface area contributed by atoms with Crippen LogP contribution >= 0.6 is 0 Å². The van der Waals surface area contributed by atoms with Crippen LogP contribution in [-0.2, 0) is 11.3 Å². The maximum absolute atomic E-state index is 13.7. The van der Waals surface area contributed by atoms with Gasteiger partial charge in [-0.15, -0.1) is 0 Å². The molecule has 3 heterocycles. The van der Waals surface area contributed by atoms with E-state index in [0.717, 1.165) is 86.5 Å². The van der Waals surface area contributed by atoms with Crippen LogP contribution in [0.25, 0.3) is 11.1 Å². The number of rotatable bonds is 8. The standard InChI is InChI=1S/C34H44N6O3/c1-6-34(11-7-8-12-34)33(43)38-29-19-26(25-9-10-30(35-20-25)40-15-13-39(5)14-16-40)18-27(24(29)4)31(41)36-21-28-22(2)17-23(3)37-32(28)42/h9-10,17-20H,6-8,11-16,21H2,1-5H3,(H,36,41)(H,37,42)(H,38,43). The lowest BCUT2D eigenvalue weighted by molar-refractivity contribution is -0.125. The van der Waals surface area contributed by atoms with E-state index in [1.807, 2.05) is 57.3 Å². The van der Waals surface area contributed by atoms with Gasteiger partial charge in [0.25, 0.3) is 11.5 Å². The van der Waals surface area contributed by atoms with Crippen LogP contribution in [0.4, 0.5) is 11.5 Å². The molecular formula is C34H44N6O3. The Labute approximate surface area is 254 Å². The highest BCUT2D eigenvalue weighted by atomic mass is 16.2. The maximum Gasteiger partial charge on any atom is 0.253 e. The Kier molecular flexibility index (Phi) is 9.01. The molecule has 2 aliphatic rings. The summed E-state index contributed by atoms with van der Waals surface area (Å²) in [7, 11) is 2.13. The average Bonchev–Trinajstić information content (AvgIpc) is 3.49. The molecule has 1 aromatic carbocycles. The Bertz CT molecular complexity index is 1550. The van der Waals surface area contributed by atoms with Crippen molar-refractivity contribution in [2.75, 3.05) is 43.4 Å². The number of hydrogen-bond donors (Lipinski definition) is 3. The van der Waals surface area contributed by atoms with E-state index in [9.17, 15) is 14.4 Å². The van der Waals surface area contributed by atoms with E-state index in [2.05, 4.69) is 39.4 Å². The largest absolute Gasteiger partial charge is 0.354 e. The molecular weight excluding hydrogens is 540 g/mol. The Morgan fingerprint density at radius 2 is 1.72 bits per heavy atom. The maximum atomic E-state index is 13.7. The third kappa shape index (κ3) is 6.51. The Morgan fingerprint density at radius 3 is 2.35 bits per heavy atom. The molecule has 1 aliphatic carbocycles. The molecule has 1 saturated heterocycles. The molecule has 9 heteroatoms. The number of hydrogen-bond acceptors (Lipinski definition) is 6. The van der Waals surface area contributed by atoms with Gasteiger partial charge in [-0.3, -0.25) is 14.4 Å². The summed E-state index contributed by atoms with van der Waals surface area (Å²) >= 11 is 0. The minimum absolute atomic E-state index is 0.0180. The van der Waals surface area contributed by atoms with Gasteiger partial charge in [-0.25, -0.2) is 4.98 Å². The summed E-state index contributed by atoms with van der Waals surface area (Å²) in [5, 5.41) is 6.16. The number of nitrogens with one attached hydrogen (secondary N) is 3. The number of anilines is 2. The molecule has 1 saturated carbocycles. The van der Waals surface area contributed by atoms with Crippen LogP contribution < -0.4 is 21.1 Å². The highest BCUT2D eigenvalue weighted by molar-refractivity contribution is 6.02. The van der Waals surface area contributed by atoms with Crippen molar-refractivity contribution in [2.45, 2.75) is 66.3 Å². The first-order valence-corrected chi connectivity index (χ1v) is 15.4. The van der Waals surface area contributed by atoms with Crippen LogP contribution in [0.5, 0.6) is 0 Å². The summed E-state index contributed by atoms with van der Waals surface area (Å²) in [6.07, 6.45) is 6.49. The first-order chi connectivity index (χ1) is 20.6. The van der Waals surface area contributed by atoms with Crippen LogP contribution in [0.1, 0.15) is 71.8 Å². The number of benzene rings is 1. The fourth-order valence-electron chi connectivity index (χ4n) is 6.44. The third-order valence-electron chi connectivity index (χ3n) is 9.45. The van der Waals surface area contributed by atoms with Gasteiger partial charge in [0.1, 0.15) is 5.82 Å². The van der Waals surface area contributed by atoms with E-state index < -0.39 is 0 Å². The van der Waals surface area contributed by atoms with Crippen molar-refractivity contribution in [1.29, 1.82) is 0 Å². The summed E-state index contributed by atoms with van der Waals surface area (Å²) in [5.41, 5.74) is 4.98. The molecule has 3 aromatic rings. The Hall–Kier alpha value is -3.98. The van der Waals surface area contributed by atoms with Crippen molar-refractivity contribution in [3.63, 3.8) is 0 Å². The van der Waals surface area contributed by atoms with E-state index in [-0.39, 0.29) is 29.3 Å². The van der Waals surface area contributed by atoms with Crippen molar-refractivity contribution in [3.05, 3.63) is 74.8 Å². The molecule has 0 bridgehead atoms. The van der Waals surface area contributed by atoms with E-state index in [1.165, 1.54) is 0 Å². The fraction of sp³-hybridized carbons (Fsp3) is 0.471. The number of aromatic nitrogens is 2. The lowest BCUT2D eigenvalue weighted by Gasteiger charge is -2.33. The number of amides is 2. The average molecular weight is 585 g/mol. The molecule has 9 nitrogen and oxygen atoms in total. The zero-order valence-corrected chi connectivity index (χ0v) is 26.1. The Morgan fingerprint density at radius 1 is 1.00 bits per heavy atom. The minimum atomic E-state index is -0.374. The van der Waals surface area contributed by atoms with Gasteiger partial charge in [0, 0.05) is 72.4 Å². The fourth-order valence-corrected chi connectivity index (χ4v) is 6.44. The zero-order valence-electron chi connectivity index (χ0n) is 26.1. The normalized spacial score (nSPS) is 16.7. The second-order valence-electron chi connectivity index (χ2n) is 12.3. The minimum Gasteiger partial charge on any atom is -0.354 e. The molecule has 1 aliphatic heterocycles. The molecule has 0 unspecified atom stereocenters. The molecule has 228 valence electrons. The van der Waals surface area contributed by atoms with Crippen molar-refractivity contribution in [1.82, 2.24) is 20.2 Å². The molecule has 43 heavy (non-hydrogen) atoms. The first-order valence-electron chi connectivity index (χ1n) is 15.4. The van der Waals surface area contributed by atoms with E-state index in [4.69, 9.17) is 4.98 Å². The van der Waals surface area contributed by atoms with Crippen LogP contribution in [0.2, 0.25) is 0 Å². The van der Waals surface area contributed by atoms with Gasteiger partial charge in [0.15, 0.2) is 0 Å². The molecule has 5 rings (SSSR count). The quantitative estimate of drug-likeness (QED) is 0.346. The van der Waals surface area contributed by atoms with Gasteiger partial charge in [0.2, 0.25) is 5.91 Å². The lowest BCUT2D eigenvalue weighted by atomic mass is 9.82. The van der Waals surface area contributed by atoms with Gasteiger partial charge < -0.3 is 25.4 Å². The number of H-pyrrole nitrogens is 1. The number of aryl methyl sites for hydroxylation is 2. The highest BCUT2D eigenvalue weighted by Gasteiger charge is 2.39. The molecule has 2 fully saturated rings. The van der Waals surface area contributed by atoms with Gasteiger partial charge in [-0.05, 0) is 94.1 Å². The molecule has 2 amide bonds. The number of pyridine rings is 2. The van der Waals surface area contributed by atoms with Crippen molar-refractivity contribution >= 4 is 23.3 Å². The van der Waals surface area contributed by atoms with Crippen LogP contribution in [0.15, 0.2) is 41.3 Å². The van der Waals surface area contributed by atoms with Gasteiger partial charge >= 0.3 is 0 Å². The predicted octanol–water partition coefficient (Wildman–Crippen LogP) is 4.95. The number of piperazine rings is 1. The molecule has 0 spiro atoms. The van der Waals surface area contributed by atoms with Crippen LogP contribution in [0.3, 0.4) is 0 Å². The summed E-state index contributed by atoms with van der Waals surface area (Å²) in [5.74, 6) is 0.645. The second-order valence-corrected chi connectivity index (χ2v) is 12.3. The summed E-state index contributed by atoms with van der Waals surface area (Å²) in [6.45, 7) is 11.6. The van der Waals surface area contributed by atoms with Crippen molar-refractivity contribution in [2.24, 2.45) is 5.41 Å². The molecule has 3 N–H and O–H groups in total. The lowest BCUT2D eigenvalue weighted by Crippen LogP contribution is -2.44. The number of likely N-dealkylation sites (N-methyl/N-ethyl adjacent to an activating group) is 1. The number of carbonyl (C=O) groups is 2. The smallest absolute Gasteiger partial charge is 0.253 e. The topological polar surface area (TPSA) is 110 Å². The molecule has 2 aromatic heterocycles. The number of aromatic amines is 1. The summed E-state index contributed by atoms with van der Waals surface area (Å²) < 4.78 is 0.